The molecular weight excluding hydrogens is 158 g/mol. The molecule has 0 saturated heterocycles. The molecule has 0 aromatic carbocycles. The molecule has 60 valence electrons. The van der Waals surface area contributed by atoms with E-state index in [9.17, 15) is 4.79 Å². The lowest BCUT2D eigenvalue weighted by Crippen LogP contribution is -2.03. The van der Waals surface area contributed by atoms with Crippen LogP contribution in [0.3, 0.4) is 0 Å². The number of hydrogen-bond donors (Lipinski definition) is 1. The van der Waals surface area contributed by atoms with Gasteiger partial charge in [-0.2, -0.15) is 0 Å². The molecule has 10 heavy (non-hydrogen) atoms. The zero-order valence-corrected chi connectivity index (χ0v) is 6.26. The van der Waals surface area contributed by atoms with Crippen LogP contribution in [0.4, 0.5) is 4.79 Å². The van der Waals surface area contributed by atoms with E-state index in [1.807, 2.05) is 0 Å². The molecule has 0 aromatic heterocycles. The molecule has 0 aliphatic carbocycles. The van der Waals surface area contributed by atoms with Crippen molar-refractivity contribution in [1.29, 1.82) is 0 Å². The maximum atomic E-state index is 9.96. The van der Waals surface area contributed by atoms with Crippen molar-refractivity contribution in [2.24, 2.45) is 5.90 Å². The number of carbonyl (C=O) groups is 1. The molecule has 0 atom stereocenters. The zero-order chi connectivity index (χ0) is 7.82. The average Bonchev–Trinajstić information content (AvgIpc) is 1.87. The van der Waals surface area contributed by atoms with Gasteiger partial charge in [-0.05, 0) is 12.8 Å². The van der Waals surface area contributed by atoms with Gasteiger partial charge in [0.1, 0.15) is 0 Å². The van der Waals surface area contributed by atoms with E-state index in [1.54, 1.807) is 0 Å². The van der Waals surface area contributed by atoms with Crippen LogP contribution in [0.15, 0.2) is 0 Å². The van der Waals surface area contributed by atoms with E-state index >= 15 is 0 Å². The van der Waals surface area contributed by atoms with Crippen LogP contribution in [0, 0.1) is 0 Å². The van der Waals surface area contributed by atoms with Crippen molar-refractivity contribution in [3.8, 4) is 0 Å². The summed E-state index contributed by atoms with van der Waals surface area (Å²) < 4.78 is 4.42. The highest BCUT2D eigenvalue weighted by molar-refractivity contribution is 6.61. The van der Waals surface area contributed by atoms with Crippen molar-refractivity contribution in [1.82, 2.24) is 0 Å². The topological polar surface area (TPSA) is 61.6 Å². The number of halogens is 1. The highest BCUT2D eigenvalue weighted by Crippen LogP contribution is 1.92. The Balaban J connectivity index is 2.84. The number of ether oxygens (including phenoxy) is 1. The number of nitrogens with two attached hydrogens (primary N) is 1. The van der Waals surface area contributed by atoms with Crippen LogP contribution < -0.4 is 5.90 Å². The molecular formula is C5H10ClNO3. The molecule has 0 aliphatic heterocycles. The van der Waals surface area contributed by atoms with Crippen molar-refractivity contribution in [2.75, 3.05) is 13.2 Å². The van der Waals surface area contributed by atoms with Gasteiger partial charge in [-0.1, -0.05) is 0 Å². The lowest BCUT2D eigenvalue weighted by atomic mass is 10.3. The Morgan fingerprint density at radius 2 is 2.00 bits per heavy atom. The van der Waals surface area contributed by atoms with Gasteiger partial charge in [0.05, 0.1) is 13.2 Å². The second-order valence-electron chi connectivity index (χ2n) is 1.66. The average molecular weight is 168 g/mol. The van der Waals surface area contributed by atoms with Crippen LogP contribution in [0.5, 0.6) is 0 Å². The maximum Gasteiger partial charge on any atom is 0.403 e. The van der Waals surface area contributed by atoms with Crippen LogP contribution >= 0.6 is 11.6 Å². The first-order valence-electron chi connectivity index (χ1n) is 2.91. The van der Waals surface area contributed by atoms with Gasteiger partial charge in [0, 0.05) is 11.6 Å². The molecule has 0 spiro atoms. The van der Waals surface area contributed by atoms with Crippen molar-refractivity contribution in [3.63, 3.8) is 0 Å². The summed E-state index contributed by atoms with van der Waals surface area (Å²) in [7, 11) is 0. The van der Waals surface area contributed by atoms with Gasteiger partial charge in [-0.25, -0.2) is 10.7 Å². The molecule has 5 heteroatoms. The van der Waals surface area contributed by atoms with E-state index in [4.69, 9.17) is 17.5 Å². The van der Waals surface area contributed by atoms with Crippen molar-refractivity contribution in [3.05, 3.63) is 0 Å². The fraction of sp³-hybridized carbons (Fsp3) is 0.800. The summed E-state index contributed by atoms with van der Waals surface area (Å²) in [5.41, 5.74) is -0.770. The molecule has 0 heterocycles. The summed E-state index contributed by atoms with van der Waals surface area (Å²) in [4.78, 5) is 14.2. The summed E-state index contributed by atoms with van der Waals surface area (Å²) in [5.74, 6) is 4.74. The molecule has 0 radical (unpaired) electrons. The van der Waals surface area contributed by atoms with E-state index < -0.39 is 5.43 Å². The Hall–Kier alpha value is -0.320. The van der Waals surface area contributed by atoms with Gasteiger partial charge < -0.3 is 9.57 Å². The maximum absolute atomic E-state index is 9.96. The number of rotatable bonds is 5. The van der Waals surface area contributed by atoms with Crippen LogP contribution in [-0.4, -0.2) is 18.6 Å². The Kier molecular flexibility index (Phi) is 6.58. The predicted octanol–water partition coefficient (Wildman–Crippen LogP) is 1.03. The minimum Gasteiger partial charge on any atom is -0.454 e. The van der Waals surface area contributed by atoms with Gasteiger partial charge in [0.25, 0.3) is 0 Å². The highest BCUT2D eigenvalue weighted by Gasteiger charge is 1.93. The quantitative estimate of drug-likeness (QED) is 0.378. The van der Waals surface area contributed by atoms with Crippen molar-refractivity contribution >= 4 is 17.0 Å². The van der Waals surface area contributed by atoms with E-state index in [2.05, 4.69) is 9.57 Å². The third kappa shape index (κ3) is 7.68. The molecule has 0 amide bonds. The molecule has 4 nitrogen and oxygen atoms in total. The first kappa shape index (κ1) is 9.68. The third-order valence-corrected chi connectivity index (χ3v) is 0.981. The number of unbranched alkanes of at least 4 members (excludes halogenated alkanes) is 1. The molecule has 0 aromatic rings. The number of hydrogen-bond acceptors (Lipinski definition) is 4. The first-order valence-corrected chi connectivity index (χ1v) is 3.29. The predicted molar refractivity (Wildman–Crippen MR) is 36.6 cm³/mol. The second kappa shape index (κ2) is 6.80. The standard InChI is InChI=1S/C5H10ClNO3/c6-5(8)9-3-1-2-4-10-7/h1-4,7H2. The highest BCUT2D eigenvalue weighted by atomic mass is 35.5. The fourth-order valence-electron chi connectivity index (χ4n) is 0.440. The monoisotopic (exact) mass is 167 g/mol. The van der Waals surface area contributed by atoms with E-state index in [0.717, 1.165) is 12.8 Å². The third-order valence-electron chi connectivity index (χ3n) is 0.872. The molecule has 0 bridgehead atoms. The van der Waals surface area contributed by atoms with Crippen LogP contribution in [0.2, 0.25) is 0 Å². The van der Waals surface area contributed by atoms with Gasteiger partial charge in [-0.15, -0.1) is 0 Å². The van der Waals surface area contributed by atoms with Crippen molar-refractivity contribution in [2.45, 2.75) is 12.8 Å². The summed E-state index contributed by atoms with van der Waals surface area (Å²) in [6.45, 7) is 0.797. The molecule has 0 unspecified atom stereocenters. The molecule has 0 rings (SSSR count). The zero-order valence-electron chi connectivity index (χ0n) is 5.51. The van der Waals surface area contributed by atoms with Crippen LogP contribution in [-0.2, 0) is 9.57 Å². The lowest BCUT2D eigenvalue weighted by Gasteiger charge is -1.98. The van der Waals surface area contributed by atoms with Gasteiger partial charge >= 0.3 is 5.43 Å². The fourth-order valence-corrected chi connectivity index (χ4v) is 0.517. The van der Waals surface area contributed by atoms with Gasteiger partial charge in [-0.3, -0.25) is 0 Å². The smallest absolute Gasteiger partial charge is 0.403 e. The van der Waals surface area contributed by atoms with Crippen LogP contribution in [0.25, 0.3) is 0 Å². The molecule has 2 N–H and O–H groups in total. The van der Waals surface area contributed by atoms with Crippen molar-refractivity contribution < 1.29 is 14.4 Å². The van der Waals surface area contributed by atoms with Crippen LogP contribution in [0.1, 0.15) is 12.8 Å². The second-order valence-corrected chi connectivity index (χ2v) is 1.97. The summed E-state index contributed by atoms with van der Waals surface area (Å²) in [5, 5.41) is 0. The summed E-state index contributed by atoms with van der Waals surface area (Å²) >= 11 is 4.87. The number of carbonyl (C=O) groups excluding carboxylic acids is 1. The Bertz CT molecular complexity index is 98.9. The molecule has 0 aliphatic rings. The summed E-state index contributed by atoms with van der Waals surface area (Å²) in [6, 6.07) is 0. The molecule has 0 fully saturated rings. The van der Waals surface area contributed by atoms with E-state index in [-0.39, 0.29) is 0 Å². The van der Waals surface area contributed by atoms with E-state index in [1.165, 1.54) is 0 Å². The minimum absolute atomic E-state index is 0.325. The summed E-state index contributed by atoms with van der Waals surface area (Å²) in [6.07, 6.45) is 1.48. The van der Waals surface area contributed by atoms with E-state index in [0.29, 0.717) is 13.2 Å². The normalized spacial score (nSPS) is 9.40. The van der Waals surface area contributed by atoms with Gasteiger partial charge in [0.15, 0.2) is 0 Å². The minimum atomic E-state index is -0.770. The Morgan fingerprint density at radius 3 is 2.50 bits per heavy atom. The SMILES string of the molecule is NOCCCCOC(=O)Cl. The first-order chi connectivity index (χ1) is 4.77. The largest absolute Gasteiger partial charge is 0.454 e. The lowest BCUT2D eigenvalue weighted by molar-refractivity contribution is 0.124. The molecule has 0 saturated carbocycles. The van der Waals surface area contributed by atoms with Gasteiger partial charge in [0.2, 0.25) is 0 Å². The Morgan fingerprint density at radius 1 is 1.40 bits per heavy atom. The Labute approximate surface area is 64.2 Å².